The fraction of sp³-hybridized carbons (Fsp3) is 0.250. The number of anilines is 1. The number of hydrogen-bond acceptors (Lipinski definition) is 6. The van der Waals surface area contributed by atoms with Gasteiger partial charge >= 0.3 is 0 Å². The summed E-state index contributed by atoms with van der Waals surface area (Å²) in [5.74, 6) is 1.64. The number of rotatable bonds is 6. The third-order valence-electron chi connectivity index (χ3n) is 3.18. The number of hydrogen-bond donors (Lipinski definition) is 1. The van der Waals surface area contributed by atoms with Crippen molar-refractivity contribution in [3.05, 3.63) is 41.4 Å². The lowest BCUT2D eigenvalue weighted by molar-refractivity contribution is 0.305. The molecule has 0 unspecified atom stereocenters. The average Bonchev–Trinajstić information content (AvgIpc) is 3.00. The first-order valence-corrected chi connectivity index (χ1v) is 7.87. The fourth-order valence-corrected chi connectivity index (χ4v) is 2.82. The van der Waals surface area contributed by atoms with Gasteiger partial charge in [-0.05, 0) is 42.0 Å². The van der Waals surface area contributed by atoms with Crippen molar-refractivity contribution in [2.24, 2.45) is 0 Å². The molecule has 3 rings (SSSR count). The molecular formula is C16H17N3O2S. The Bertz CT molecular complexity index is 773. The quantitative estimate of drug-likeness (QED) is 0.751. The largest absolute Gasteiger partial charge is 0.497 e. The Morgan fingerprint density at radius 1 is 1.05 bits per heavy atom. The molecule has 2 aromatic carbocycles. The highest BCUT2D eigenvalue weighted by Gasteiger charge is 2.05. The van der Waals surface area contributed by atoms with Crippen LogP contribution in [0.25, 0.3) is 10.8 Å². The maximum atomic E-state index is 5.80. The van der Waals surface area contributed by atoms with Gasteiger partial charge in [0.2, 0.25) is 5.13 Å². The van der Waals surface area contributed by atoms with Gasteiger partial charge in [-0.3, -0.25) is 0 Å². The topological polar surface area (TPSA) is 56.3 Å². The van der Waals surface area contributed by atoms with E-state index in [0.717, 1.165) is 39.0 Å². The Morgan fingerprint density at radius 3 is 2.59 bits per heavy atom. The molecule has 1 heterocycles. The lowest BCUT2D eigenvalue weighted by Crippen LogP contribution is -1.95. The van der Waals surface area contributed by atoms with Gasteiger partial charge in [-0.15, -0.1) is 10.2 Å². The molecule has 22 heavy (non-hydrogen) atoms. The van der Waals surface area contributed by atoms with E-state index in [2.05, 4.69) is 15.5 Å². The molecule has 0 fully saturated rings. The molecule has 5 nitrogen and oxygen atoms in total. The Morgan fingerprint density at radius 2 is 1.82 bits per heavy atom. The van der Waals surface area contributed by atoms with E-state index in [-0.39, 0.29) is 0 Å². The van der Waals surface area contributed by atoms with Gasteiger partial charge in [-0.1, -0.05) is 23.5 Å². The van der Waals surface area contributed by atoms with E-state index in [4.69, 9.17) is 9.47 Å². The van der Waals surface area contributed by atoms with Crippen molar-refractivity contribution in [3.8, 4) is 11.5 Å². The van der Waals surface area contributed by atoms with E-state index >= 15 is 0 Å². The molecule has 0 spiro atoms. The summed E-state index contributed by atoms with van der Waals surface area (Å²) in [6.45, 7) is 3.28. The predicted octanol–water partition coefficient (Wildman–Crippen LogP) is 3.71. The maximum Gasteiger partial charge on any atom is 0.205 e. The molecule has 0 aliphatic rings. The Labute approximate surface area is 132 Å². The molecule has 0 aliphatic carbocycles. The highest BCUT2D eigenvalue weighted by molar-refractivity contribution is 7.15. The van der Waals surface area contributed by atoms with Crippen LogP contribution in [0.2, 0.25) is 0 Å². The molecule has 0 amide bonds. The Balaban J connectivity index is 1.72. The summed E-state index contributed by atoms with van der Waals surface area (Å²) < 4.78 is 11.1. The van der Waals surface area contributed by atoms with Crippen molar-refractivity contribution >= 4 is 27.2 Å². The molecule has 1 aromatic heterocycles. The molecule has 0 bridgehead atoms. The highest BCUT2D eigenvalue weighted by atomic mass is 32.1. The Kier molecular flexibility index (Phi) is 4.39. The first-order chi connectivity index (χ1) is 10.8. The monoisotopic (exact) mass is 315 g/mol. The molecule has 0 saturated heterocycles. The molecule has 1 N–H and O–H groups in total. The molecule has 0 atom stereocenters. The van der Waals surface area contributed by atoms with Crippen molar-refractivity contribution in [2.45, 2.75) is 13.5 Å². The lowest BCUT2D eigenvalue weighted by Gasteiger charge is -2.06. The number of aromatic nitrogens is 2. The number of fused-ring (bicyclic) bond motifs is 1. The summed E-state index contributed by atoms with van der Waals surface area (Å²) in [4.78, 5) is 0. The van der Waals surface area contributed by atoms with Gasteiger partial charge < -0.3 is 14.8 Å². The van der Waals surface area contributed by atoms with Gasteiger partial charge in [0, 0.05) is 6.54 Å². The first kappa shape index (κ1) is 14.6. The second-order valence-corrected chi connectivity index (χ2v) is 5.76. The highest BCUT2D eigenvalue weighted by Crippen LogP contribution is 2.26. The van der Waals surface area contributed by atoms with E-state index in [9.17, 15) is 0 Å². The van der Waals surface area contributed by atoms with Crippen LogP contribution in [0, 0.1) is 0 Å². The zero-order chi connectivity index (χ0) is 15.4. The van der Waals surface area contributed by atoms with Gasteiger partial charge in [-0.25, -0.2) is 0 Å². The normalized spacial score (nSPS) is 10.6. The van der Waals surface area contributed by atoms with Gasteiger partial charge in [0.15, 0.2) is 5.01 Å². The van der Waals surface area contributed by atoms with Crippen LogP contribution < -0.4 is 14.8 Å². The van der Waals surface area contributed by atoms with Crippen LogP contribution in [-0.2, 0) is 6.61 Å². The van der Waals surface area contributed by atoms with Crippen LogP contribution in [0.15, 0.2) is 36.4 Å². The van der Waals surface area contributed by atoms with Crippen molar-refractivity contribution < 1.29 is 9.47 Å². The lowest BCUT2D eigenvalue weighted by atomic mass is 10.1. The second kappa shape index (κ2) is 6.62. The van der Waals surface area contributed by atoms with Crippen LogP contribution in [0.4, 0.5) is 5.13 Å². The van der Waals surface area contributed by atoms with Crippen LogP contribution in [0.1, 0.15) is 11.9 Å². The number of ether oxygens (including phenoxy) is 2. The number of methoxy groups -OCH3 is 1. The number of nitrogens with one attached hydrogen (secondary N) is 1. The summed E-state index contributed by atoms with van der Waals surface area (Å²) in [6, 6.07) is 12.0. The maximum absolute atomic E-state index is 5.80. The van der Waals surface area contributed by atoms with Crippen molar-refractivity contribution in [1.82, 2.24) is 10.2 Å². The molecule has 6 heteroatoms. The number of nitrogens with zero attached hydrogens (tertiary/aromatic N) is 2. The molecular weight excluding hydrogens is 298 g/mol. The van der Waals surface area contributed by atoms with Gasteiger partial charge in [0.05, 0.1) is 7.11 Å². The third-order valence-corrected chi connectivity index (χ3v) is 4.03. The van der Waals surface area contributed by atoms with E-state index in [1.807, 2.05) is 43.3 Å². The first-order valence-electron chi connectivity index (χ1n) is 7.05. The van der Waals surface area contributed by atoms with E-state index in [0.29, 0.717) is 6.61 Å². The SMILES string of the molecule is CCNc1nnc(COc2ccc3ccc(OC)cc3c2)s1. The Hall–Kier alpha value is -2.34. The van der Waals surface area contributed by atoms with Crippen LogP contribution in [0.3, 0.4) is 0 Å². The fourth-order valence-electron chi connectivity index (χ4n) is 2.10. The molecule has 114 valence electrons. The van der Waals surface area contributed by atoms with E-state index in [1.54, 1.807) is 7.11 Å². The second-order valence-electron chi connectivity index (χ2n) is 4.69. The summed E-state index contributed by atoms with van der Waals surface area (Å²) in [5, 5.41) is 15.2. The van der Waals surface area contributed by atoms with E-state index < -0.39 is 0 Å². The average molecular weight is 315 g/mol. The molecule has 3 aromatic rings. The third kappa shape index (κ3) is 3.28. The number of benzene rings is 2. The minimum Gasteiger partial charge on any atom is -0.497 e. The van der Waals surface area contributed by atoms with Gasteiger partial charge in [0.1, 0.15) is 18.1 Å². The zero-order valence-corrected chi connectivity index (χ0v) is 13.3. The summed E-state index contributed by atoms with van der Waals surface area (Å²) in [5.41, 5.74) is 0. The standard InChI is InChI=1S/C16H17N3O2S/c1-3-17-16-19-18-15(22-16)10-21-14-7-5-11-4-6-13(20-2)8-12(11)9-14/h4-9H,3,10H2,1-2H3,(H,17,19). The zero-order valence-electron chi connectivity index (χ0n) is 12.5. The van der Waals surface area contributed by atoms with Gasteiger partial charge in [-0.2, -0.15) is 0 Å². The molecule has 0 radical (unpaired) electrons. The van der Waals surface area contributed by atoms with Crippen LogP contribution >= 0.6 is 11.3 Å². The van der Waals surface area contributed by atoms with Crippen LogP contribution in [-0.4, -0.2) is 23.9 Å². The minimum atomic E-state index is 0.415. The minimum absolute atomic E-state index is 0.415. The van der Waals surface area contributed by atoms with E-state index in [1.165, 1.54) is 11.3 Å². The summed E-state index contributed by atoms with van der Waals surface area (Å²) in [6.07, 6.45) is 0. The van der Waals surface area contributed by atoms with Crippen molar-refractivity contribution in [1.29, 1.82) is 0 Å². The smallest absolute Gasteiger partial charge is 0.205 e. The van der Waals surface area contributed by atoms with Crippen molar-refractivity contribution in [3.63, 3.8) is 0 Å². The summed E-state index contributed by atoms with van der Waals surface area (Å²) in [7, 11) is 1.67. The van der Waals surface area contributed by atoms with Gasteiger partial charge in [0.25, 0.3) is 0 Å². The predicted molar refractivity (Wildman–Crippen MR) is 88.9 cm³/mol. The van der Waals surface area contributed by atoms with Crippen LogP contribution in [0.5, 0.6) is 11.5 Å². The molecule has 0 saturated carbocycles. The van der Waals surface area contributed by atoms with Crippen molar-refractivity contribution in [2.75, 3.05) is 19.0 Å². The molecule has 0 aliphatic heterocycles. The summed E-state index contributed by atoms with van der Waals surface area (Å²) >= 11 is 1.51.